The molecule has 0 spiro atoms. The molecule has 0 aromatic rings. The summed E-state index contributed by atoms with van der Waals surface area (Å²) in [5, 5.41) is 0. The molecule has 0 aliphatic carbocycles. The van der Waals surface area contributed by atoms with Gasteiger partial charge in [0.25, 0.3) is 0 Å². The van der Waals surface area contributed by atoms with Crippen molar-refractivity contribution in [1.82, 2.24) is 4.90 Å². The molecule has 0 heterocycles. The van der Waals surface area contributed by atoms with Gasteiger partial charge in [-0.25, -0.2) is 0 Å². The van der Waals surface area contributed by atoms with E-state index < -0.39 is 12.2 Å². The number of rotatable bonds is 3. The normalized spacial score (nSPS) is 15.8. The first-order valence-corrected chi connectivity index (χ1v) is 4.02. The summed E-state index contributed by atoms with van der Waals surface area (Å²) in [6.45, 7) is 5.46. The fourth-order valence-electron chi connectivity index (χ4n) is 0.984. The van der Waals surface area contributed by atoms with Crippen LogP contribution in [0, 0.1) is 5.92 Å². The maximum Gasteiger partial charge on any atom is 0.403 e. The zero-order chi connectivity index (χ0) is 9.94. The molecule has 0 amide bonds. The molecule has 0 N–H and O–H groups in total. The van der Waals surface area contributed by atoms with Gasteiger partial charge in [-0.2, -0.15) is 13.2 Å². The maximum atomic E-state index is 12.1. The van der Waals surface area contributed by atoms with Crippen molar-refractivity contribution in [3.8, 4) is 0 Å². The van der Waals surface area contributed by atoms with E-state index in [1.54, 1.807) is 0 Å². The standard InChI is InChI=1S/C8H16F3N/c1-6(2)5-12(4)7(3)8(9,10)11/h6-7H,5H2,1-4H3/t7-/m0/s1. The summed E-state index contributed by atoms with van der Waals surface area (Å²) >= 11 is 0. The van der Waals surface area contributed by atoms with Gasteiger partial charge in [-0.05, 0) is 19.9 Å². The molecule has 0 radical (unpaired) electrons. The number of nitrogens with zero attached hydrogens (tertiary/aromatic N) is 1. The second-order valence-electron chi connectivity index (χ2n) is 3.55. The molecule has 0 aliphatic heterocycles. The summed E-state index contributed by atoms with van der Waals surface area (Å²) in [4.78, 5) is 1.32. The van der Waals surface area contributed by atoms with Crippen molar-refractivity contribution >= 4 is 0 Å². The highest BCUT2D eigenvalue weighted by Gasteiger charge is 2.38. The summed E-state index contributed by atoms with van der Waals surface area (Å²) in [5.74, 6) is 0.264. The first-order valence-electron chi connectivity index (χ1n) is 4.02. The Bertz CT molecular complexity index is 131. The van der Waals surface area contributed by atoms with Crippen LogP contribution in [0.15, 0.2) is 0 Å². The molecule has 1 nitrogen and oxygen atoms in total. The van der Waals surface area contributed by atoms with Crippen LogP contribution >= 0.6 is 0 Å². The molecule has 4 heteroatoms. The third-order valence-electron chi connectivity index (χ3n) is 1.79. The molecule has 0 aromatic heterocycles. The first kappa shape index (κ1) is 11.8. The van der Waals surface area contributed by atoms with Crippen LogP contribution in [-0.2, 0) is 0 Å². The van der Waals surface area contributed by atoms with E-state index in [2.05, 4.69) is 0 Å². The topological polar surface area (TPSA) is 3.24 Å². The molecule has 74 valence electrons. The third kappa shape index (κ3) is 3.95. The lowest BCUT2D eigenvalue weighted by Crippen LogP contribution is -2.42. The molecule has 12 heavy (non-hydrogen) atoms. The fraction of sp³-hybridized carbons (Fsp3) is 1.00. The van der Waals surface area contributed by atoms with Gasteiger partial charge >= 0.3 is 6.18 Å². The molecule has 0 saturated heterocycles. The van der Waals surface area contributed by atoms with Gasteiger partial charge in [0, 0.05) is 6.54 Å². The average Bonchev–Trinajstić information content (AvgIpc) is 1.82. The highest BCUT2D eigenvalue weighted by molar-refractivity contribution is 4.71. The largest absolute Gasteiger partial charge is 0.403 e. The van der Waals surface area contributed by atoms with Gasteiger partial charge in [-0.1, -0.05) is 13.8 Å². The van der Waals surface area contributed by atoms with Crippen LogP contribution < -0.4 is 0 Å². The molecule has 0 bridgehead atoms. The van der Waals surface area contributed by atoms with Gasteiger partial charge in [0.2, 0.25) is 0 Å². The monoisotopic (exact) mass is 183 g/mol. The zero-order valence-corrected chi connectivity index (χ0v) is 7.94. The van der Waals surface area contributed by atoms with Crippen molar-refractivity contribution < 1.29 is 13.2 Å². The van der Waals surface area contributed by atoms with Crippen LogP contribution in [0.25, 0.3) is 0 Å². The minimum absolute atomic E-state index is 0.264. The minimum Gasteiger partial charge on any atom is -0.295 e. The van der Waals surface area contributed by atoms with E-state index in [0.29, 0.717) is 6.54 Å². The Morgan fingerprint density at radius 1 is 1.17 bits per heavy atom. The van der Waals surface area contributed by atoms with Gasteiger partial charge < -0.3 is 0 Å². The van der Waals surface area contributed by atoms with E-state index in [1.165, 1.54) is 18.9 Å². The van der Waals surface area contributed by atoms with Gasteiger partial charge in [0.1, 0.15) is 6.04 Å². The lowest BCUT2D eigenvalue weighted by Gasteiger charge is -2.27. The summed E-state index contributed by atoms with van der Waals surface area (Å²) in [5.41, 5.74) is 0. The summed E-state index contributed by atoms with van der Waals surface area (Å²) in [6.07, 6.45) is -4.11. The van der Waals surface area contributed by atoms with Crippen LogP contribution in [-0.4, -0.2) is 30.7 Å². The second-order valence-corrected chi connectivity index (χ2v) is 3.55. The molecule has 0 aromatic carbocycles. The van der Waals surface area contributed by atoms with Crippen molar-refractivity contribution in [3.05, 3.63) is 0 Å². The van der Waals surface area contributed by atoms with E-state index in [0.717, 1.165) is 0 Å². The lowest BCUT2D eigenvalue weighted by atomic mass is 10.2. The van der Waals surface area contributed by atoms with Crippen LogP contribution in [0.2, 0.25) is 0 Å². The highest BCUT2D eigenvalue weighted by Crippen LogP contribution is 2.23. The SMILES string of the molecule is CC(C)CN(C)[C@@H](C)C(F)(F)F. The predicted octanol–water partition coefficient (Wildman–Crippen LogP) is 2.53. The van der Waals surface area contributed by atoms with Crippen molar-refractivity contribution in [2.75, 3.05) is 13.6 Å². The van der Waals surface area contributed by atoms with Gasteiger partial charge in [0.05, 0.1) is 0 Å². The quantitative estimate of drug-likeness (QED) is 0.649. The Labute approximate surface area is 71.6 Å². The van der Waals surface area contributed by atoms with Crippen molar-refractivity contribution in [3.63, 3.8) is 0 Å². The molecule has 0 unspecified atom stereocenters. The van der Waals surface area contributed by atoms with Crippen LogP contribution in [0.3, 0.4) is 0 Å². The number of alkyl halides is 3. The summed E-state index contributed by atoms with van der Waals surface area (Å²) < 4.78 is 36.3. The Kier molecular flexibility index (Phi) is 4.03. The van der Waals surface area contributed by atoms with Crippen LogP contribution in [0.5, 0.6) is 0 Å². The molecule has 0 rings (SSSR count). The molecule has 1 atom stereocenters. The van der Waals surface area contributed by atoms with E-state index in [4.69, 9.17) is 0 Å². The van der Waals surface area contributed by atoms with Crippen molar-refractivity contribution in [2.24, 2.45) is 5.92 Å². The molecule has 0 saturated carbocycles. The van der Waals surface area contributed by atoms with Gasteiger partial charge in [-0.15, -0.1) is 0 Å². The molecular formula is C8H16F3N. The predicted molar refractivity (Wildman–Crippen MR) is 43.0 cm³/mol. The van der Waals surface area contributed by atoms with Crippen LogP contribution in [0.1, 0.15) is 20.8 Å². The number of halogens is 3. The van der Waals surface area contributed by atoms with E-state index >= 15 is 0 Å². The van der Waals surface area contributed by atoms with Gasteiger partial charge in [0.15, 0.2) is 0 Å². The fourth-order valence-corrected chi connectivity index (χ4v) is 0.984. The molecule has 0 fully saturated rings. The van der Waals surface area contributed by atoms with Crippen molar-refractivity contribution in [2.45, 2.75) is 33.0 Å². The second kappa shape index (κ2) is 4.12. The first-order chi connectivity index (χ1) is 5.25. The number of hydrogen-bond acceptors (Lipinski definition) is 1. The van der Waals surface area contributed by atoms with Gasteiger partial charge in [-0.3, -0.25) is 4.90 Å². The average molecular weight is 183 g/mol. The van der Waals surface area contributed by atoms with Crippen molar-refractivity contribution in [1.29, 1.82) is 0 Å². The van der Waals surface area contributed by atoms with E-state index in [1.807, 2.05) is 13.8 Å². The summed E-state index contributed by atoms with van der Waals surface area (Å²) in [6, 6.07) is -1.35. The number of hydrogen-bond donors (Lipinski definition) is 0. The van der Waals surface area contributed by atoms with Crippen LogP contribution in [0.4, 0.5) is 13.2 Å². The Hall–Kier alpha value is -0.250. The molecule has 0 aliphatic rings. The van der Waals surface area contributed by atoms with E-state index in [-0.39, 0.29) is 5.92 Å². The third-order valence-corrected chi connectivity index (χ3v) is 1.79. The maximum absolute atomic E-state index is 12.1. The zero-order valence-electron chi connectivity index (χ0n) is 7.94. The lowest BCUT2D eigenvalue weighted by molar-refractivity contribution is -0.176. The Morgan fingerprint density at radius 2 is 1.58 bits per heavy atom. The smallest absolute Gasteiger partial charge is 0.295 e. The Morgan fingerprint density at radius 3 is 1.83 bits per heavy atom. The highest BCUT2D eigenvalue weighted by atomic mass is 19.4. The van der Waals surface area contributed by atoms with E-state index in [9.17, 15) is 13.2 Å². The molecular weight excluding hydrogens is 167 g/mol. The minimum atomic E-state index is -4.11. The summed E-state index contributed by atoms with van der Waals surface area (Å²) in [7, 11) is 1.50. The Balaban J connectivity index is 4.01.